The number of hydrogen-bond donors (Lipinski definition) is 2. The molecule has 1 heterocycles. The molecule has 0 aliphatic rings. The molecule has 1 aromatic heterocycles. The first kappa shape index (κ1) is 14.1. The minimum atomic E-state index is 0.195. The monoisotopic (exact) mass is 342 g/mol. The van der Waals surface area contributed by atoms with Crippen LogP contribution in [-0.4, -0.2) is 5.75 Å². The van der Waals surface area contributed by atoms with E-state index in [9.17, 15) is 0 Å². The van der Waals surface area contributed by atoms with Gasteiger partial charge in [-0.25, -0.2) is 0 Å². The molecule has 0 aliphatic heterocycles. The Morgan fingerprint density at radius 2 is 2.11 bits per heavy atom. The highest BCUT2D eigenvalue weighted by Gasteiger charge is 2.12. The van der Waals surface area contributed by atoms with Crippen LogP contribution in [0.25, 0.3) is 0 Å². The van der Waals surface area contributed by atoms with Crippen LogP contribution in [0.5, 0.6) is 0 Å². The summed E-state index contributed by atoms with van der Waals surface area (Å²) in [5.74, 6) is 6.56. The van der Waals surface area contributed by atoms with Crippen molar-refractivity contribution in [3.05, 3.63) is 50.6 Å². The molecule has 3 N–H and O–H groups in total. The molecule has 0 bridgehead atoms. The summed E-state index contributed by atoms with van der Waals surface area (Å²) in [6, 6.07) is 12.7. The third-order valence-electron chi connectivity index (χ3n) is 2.55. The number of rotatable bonds is 5. The number of aryl methyl sites for hydroxylation is 1. The number of benzene rings is 1. The Hall–Kier alpha value is -0.330. The first-order valence-corrected chi connectivity index (χ1v) is 8.20. The summed E-state index contributed by atoms with van der Waals surface area (Å²) in [6.45, 7) is 2.11. The largest absolute Gasteiger partial charge is 0.271 e. The lowest BCUT2D eigenvalue weighted by Crippen LogP contribution is -2.29. The SMILES string of the molecule is Cc1ccc(C(CSc2ccccc2Br)NN)s1. The molecule has 0 saturated heterocycles. The first-order valence-electron chi connectivity index (χ1n) is 5.60. The number of thiophene rings is 1. The number of thioether (sulfide) groups is 1. The summed E-state index contributed by atoms with van der Waals surface area (Å²) in [7, 11) is 0. The maximum absolute atomic E-state index is 5.65. The zero-order valence-electron chi connectivity index (χ0n) is 10.0. The number of hydrogen-bond acceptors (Lipinski definition) is 4. The lowest BCUT2D eigenvalue weighted by Gasteiger charge is -2.14. The van der Waals surface area contributed by atoms with Gasteiger partial charge in [0.25, 0.3) is 0 Å². The van der Waals surface area contributed by atoms with Crippen LogP contribution in [0.2, 0.25) is 0 Å². The predicted molar refractivity (Wildman–Crippen MR) is 84.0 cm³/mol. The van der Waals surface area contributed by atoms with Crippen LogP contribution in [0.4, 0.5) is 0 Å². The molecule has 1 unspecified atom stereocenters. The van der Waals surface area contributed by atoms with Gasteiger partial charge in [0.05, 0.1) is 6.04 Å². The Bertz CT molecular complexity index is 513. The molecule has 96 valence electrons. The molecule has 0 amide bonds. The molecule has 1 aromatic carbocycles. The van der Waals surface area contributed by atoms with Crippen LogP contribution >= 0.6 is 39.0 Å². The van der Waals surface area contributed by atoms with Crippen LogP contribution in [0.1, 0.15) is 15.8 Å². The second-order valence-corrected chi connectivity index (χ2v) is 7.14. The molecule has 0 radical (unpaired) electrons. The van der Waals surface area contributed by atoms with Gasteiger partial charge in [-0.3, -0.25) is 11.3 Å². The van der Waals surface area contributed by atoms with E-state index < -0.39 is 0 Å². The van der Waals surface area contributed by atoms with Gasteiger partial charge in [-0.05, 0) is 47.1 Å². The fourth-order valence-electron chi connectivity index (χ4n) is 1.59. The van der Waals surface area contributed by atoms with Crippen LogP contribution in [0, 0.1) is 6.92 Å². The van der Waals surface area contributed by atoms with Crippen molar-refractivity contribution in [2.75, 3.05) is 5.75 Å². The molecule has 0 fully saturated rings. The van der Waals surface area contributed by atoms with Gasteiger partial charge < -0.3 is 0 Å². The van der Waals surface area contributed by atoms with Gasteiger partial charge in [-0.1, -0.05) is 12.1 Å². The number of halogens is 1. The molecule has 0 saturated carbocycles. The van der Waals surface area contributed by atoms with E-state index in [0.717, 1.165) is 10.2 Å². The molecule has 18 heavy (non-hydrogen) atoms. The molecule has 2 rings (SSSR count). The molecule has 5 heteroatoms. The molecule has 0 spiro atoms. The predicted octanol–water partition coefficient (Wildman–Crippen LogP) is 4.12. The van der Waals surface area contributed by atoms with Gasteiger partial charge in [-0.2, -0.15) is 0 Å². The van der Waals surface area contributed by atoms with Gasteiger partial charge >= 0.3 is 0 Å². The van der Waals surface area contributed by atoms with E-state index in [1.165, 1.54) is 14.6 Å². The standard InChI is InChI=1S/C13H15BrN2S2/c1-9-6-7-13(18-9)11(16-15)8-17-12-5-3-2-4-10(12)14/h2-7,11,16H,8,15H2,1H3. The molecular formula is C13H15BrN2S2. The van der Waals surface area contributed by atoms with E-state index in [1.807, 2.05) is 12.1 Å². The minimum Gasteiger partial charge on any atom is -0.271 e. The Kier molecular flexibility index (Phi) is 5.26. The minimum absolute atomic E-state index is 0.195. The average Bonchev–Trinajstić information content (AvgIpc) is 2.79. The van der Waals surface area contributed by atoms with Crippen molar-refractivity contribution < 1.29 is 0 Å². The van der Waals surface area contributed by atoms with Crippen molar-refractivity contribution >= 4 is 39.0 Å². The van der Waals surface area contributed by atoms with Gasteiger partial charge in [0.1, 0.15) is 0 Å². The Morgan fingerprint density at radius 1 is 1.33 bits per heavy atom. The highest BCUT2D eigenvalue weighted by Crippen LogP contribution is 2.32. The number of nitrogens with two attached hydrogens (primary N) is 1. The van der Waals surface area contributed by atoms with E-state index >= 15 is 0 Å². The lowest BCUT2D eigenvalue weighted by atomic mass is 10.3. The van der Waals surface area contributed by atoms with Crippen LogP contribution in [0.3, 0.4) is 0 Å². The Balaban J connectivity index is 2.02. The first-order chi connectivity index (χ1) is 8.70. The second kappa shape index (κ2) is 6.73. The summed E-state index contributed by atoms with van der Waals surface area (Å²) >= 11 is 7.15. The van der Waals surface area contributed by atoms with Gasteiger partial charge in [0.2, 0.25) is 0 Å². The van der Waals surface area contributed by atoms with Crippen LogP contribution < -0.4 is 11.3 Å². The maximum atomic E-state index is 5.65. The van der Waals surface area contributed by atoms with Crippen molar-refractivity contribution in [1.82, 2.24) is 5.43 Å². The molecule has 0 aliphatic carbocycles. The smallest absolute Gasteiger partial charge is 0.0647 e. The Labute approximate surface area is 124 Å². The highest BCUT2D eigenvalue weighted by molar-refractivity contribution is 9.10. The normalized spacial score (nSPS) is 12.6. The maximum Gasteiger partial charge on any atom is 0.0647 e. The van der Waals surface area contributed by atoms with E-state index in [0.29, 0.717) is 0 Å². The molecule has 1 atom stereocenters. The third kappa shape index (κ3) is 3.59. The van der Waals surface area contributed by atoms with Gasteiger partial charge in [0, 0.05) is 24.9 Å². The van der Waals surface area contributed by atoms with E-state index in [4.69, 9.17) is 5.84 Å². The average molecular weight is 343 g/mol. The van der Waals surface area contributed by atoms with Crippen molar-refractivity contribution in [3.8, 4) is 0 Å². The van der Waals surface area contributed by atoms with Crippen LogP contribution in [0.15, 0.2) is 45.8 Å². The fraction of sp³-hybridized carbons (Fsp3) is 0.231. The summed E-state index contributed by atoms with van der Waals surface area (Å²) < 4.78 is 1.13. The van der Waals surface area contributed by atoms with Gasteiger partial charge in [0.15, 0.2) is 0 Å². The van der Waals surface area contributed by atoms with E-state index in [2.05, 4.69) is 52.5 Å². The van der Waals surface area contributed by atoms with Crippen molar-refractivity contribution in [1.29, 1.82) is 0 Å². The summed E-state index contributed by atoms with van der Waals surface area (Å²) in [5.41, 5.74) is 2.90. The molecular weight excluding hydrogens is 328 g/mol. The van der Waals surface area contributed by atoms with Crippen molar-refractivity contribution in [2.45, 2.75) is 17.9 Å². The fourth-order valence-corrected chi connectivity index (χ4v) is 4.26. The topological polar surface area (TPSA) is 38.0 Å². The van der Waals surface area contributed by atoms with Gasteiger partial charge in [-0.15, -0.1) is 23.1 Å². The lowest BCUT2D eigenvalue weighted by molar-refractivity contribution is 0.620. The quantitative estimate of drug-likeness (QED) is 0.487. The van der Waals surface area contributed by atoms with E-state index in [1.54, 1.807) is 23.1 Å². The molecule has 2 aromatic rings. The zero-order valence-corrected chi connectivity index (χ0v) is 13.2. The highest BCUT2D eigenvalue weighted by atomic mass is 79.9. The summed E-state index contributed by atoms with van der Waals surface area (Å²) in [4.78, 5) is 3.84. The zero-order chi connectivity index (χ0) is 13.0. The Morgan fingerprint density at radius 3 is 2.72 bits per heavy atom. The van der Waals surface area contributed by atoms with E-state index in [-0.39, 0.29) is 6.04 Å². The summed E-state index contributed by atoms with van der Waals surface area (Å²) in [5, 5.41) is 0. The third-order valence-corrected chi connectivity index (χ3v) is 5.78. The van der Waals surface area contributed by atoms with Crippen molar-refractivity contribution in [2.24, 2.45) is 5.84 Å². The van der Waals surface area contributed by atoms with Crippen LogP contribution in [-0.2, 0) is 0 Å². The molecule has 2 nitrogen and oxygen atoms in total. The second-order valence-electron chi connectivity index (χ2n) is 3.91. The summed E-state index contributed by atoms with van der Waals surface area (Å²) in [6.07, 6.45) is 0. The number of hydrazine groups is 1. The number of nitrogens with one attached hydrogen (secondary N) is 1. The van der Waals surface area contributed by atoms with Crippen molar-refractivity contribution in [3.63, 3.8) is 0 Å².